The molecule has 0 radical (unpaired) electrons. The molecule has 0 spiro atoms. The van der Waals surface area contributed by atoms with Gasteiger partial charge < -0.3 is 15.7 Å². The summed E-state index contributed by atoms with van der Waals surface area (Å²) in [5.74, 6) is 2.14. The molecule has 0 aliphatic rings. The molecule has 1 aromatic carbocycles. The lowest BCUT2D eigenvalue weighted by Gasteiger charge is -2.18. The van der Waals surface area contributed by atoms with Crippen LogP contribution in [0, 0.1) is 12.3 Å². The number of hydrogen-bond acceptors (Lipinski definition) is 3. The molecule has 0 atom stereocenters. The van der Waals surface area contributed by atoms with E-state index in [9.17, 15) is 9.90 Å². The van der Waals surface area contributed by atoms with E-state index >= 15 is 0 Å². The fraction of sp³-hybridized carbons (Fsp3) is 0.250. The van der Waals surface area contributed by atoms with Gasteiger partial charge in [-0.15, -0.1) is 6.42 Å². The van der Waals surface area contributed by atoms with Crippen molar-refractivity contribution in [2.75, 3.05) is 18.8 Å². The van der Waals surface area contributed by atoms with Gasteiger partial charge in [0.15, 0.2) is 0 Å². The zero-order valence-electron chi connectivity index (χ0n) is 9.10. The van der Waals surface area contributed by atoms with Gasteiger partial charge in [0.2, 0.25) is 0 Å². The quantitative estimate of drug-likeness (QED) is 0.453. The lowest BCUT2D eigenvalue weighted by atomic mass is 10.1. The van der Waals surface area contributed by atoms with Crippen molar-refractivity contribution in [1.82, 2.24) is 4.90 Å². The summed E-state index contributed by atoms with van der Waals surface area (Å²) in [6, 6.07) is 4.27. The van der Waals surface area contributed by atoms with Crippen LogP contribution in [0.25, 0.3) is 0 Å². The maximum Gasteiger partial charge on any atom is 0.256 e. The second-order valence-electron chi connectivity index (χ2n) is 3.30. The van der Waals surface area contributed by atoms with Crippen LogP contribution in [0.15, 0.2) is 18.2 Å². The second-order valence-corrected chi connectivity index (χ2v) is 3.30. The molecule has 0 fully saturated rings. The molecule has 0 saturated heterocycles. The standard InChI is InChI=1S/C12H14N2O2/c1-3-7-14(4-2)12(16)10-8-9(15)5-6-11(10)13/h1,5-6,8,15H,4,7,13H2,2H3. The first kappa shape index (κ1) is 11.9. The number of benzene rings is 1. The molecule has 0 heterocycles. The van der Waals surface area contributed by atoms with E-state index < -0.39 is 0 Å². The van der Waals surface area contributed by atoms with Gasteiger partial charge in [0.1, 0.15) is 5.75 Å². The van der Waals surface area contributed by atoms with Crippen molar-refractivity contribution in [2.24, 2.45) is 0 Å². The lowest BCUT2D eigenvalue weighted by Crippen LogP contribution is -2.31. The van der Waals surface area contributed by atoms with E-state index in [4.69, 9.17) is 12.2 Å². The summed E-state index contributed by atoms with van der Waals surface area (Å²) in [5, 5.41) is 9.30. The predicted molar refractivity (Wildman–Crippen MR) is 62.9 cm³/mol. The van der Waals surface area contributed by atoms with E-state index in [2.05, 4.69) is 5.92 Å². The Balaban J connectivity index is 3.03. The highest BCUT2D eigenvalue weighted by Gasteiger charge is 2.16. The van der Waals surface area contributed by atoms with Crippen molar-refractivity contribution in [3.8, 4) is 18.1 Å². The van der Waals surface area contributed by atoms with E-state index in [0.717, 1.165) is 0 Å². The number of nitrogens with two attached hydrogens (primary N) is 1. The maximum absolute atomic E-state index is 12.0. The van der Waals surface area contributed by atoms with Gasteiger partial charge in [-0.1, -0.05) is 5.92 Å². The molecular formula is C12H14N2O2. The van der Waals surface area contributed by atoms with Crippen LogP contribution in [-0.2, 0) is 0 Å². The average molecular weight is 218 g/mol. The number of amides is 1. The summed E-state index contributed by atoms with van der Waals surface area (Å²) in [4.78, 5) is 13.5. The summed E-state index contributed by atoms with van der Waals surface area (Å²) in [5.41, 5.74) is 6.28. The second kappa shape index (κ2) is 5.08. The Morgan fingerprint density at radius 1 is 1.62 bits per heavy atom. The molecule has 1 rings (SSSR count). The molecule has 0 aliphatic carbocycles. The van der Waals surface area contributed by atoms with Gasteiger partial charge in [0, 0.05) is 12.2 Å². The smallest absolute Gasteiger partial charge is 0.256 e. The van der Waals surface area contributed by atoms with Crippen molar-refractivity contribution in [2.45, 2.75) is 6.92 Å². The minimum atomic E-state index is -0.270. The highest BCUT2D eigenvalue weighted by molar-refractivity contribution is 5.99. The van der Waals surface area contributed by atoms with E-state index in [0.29, 0.717) is 12.2 Å². The molecule has 0 saturated carbocycles. The first-order valence-electron chi connectivity index (χ1n) is 4.91. The first-order valence-corrected chi connectivity index (χ1v) is 4.91. The number of phenolic OH excluding ortho intramolecular Hbond substituents is 1. The Morgan fingerprint density at radius 3 is 2.88 bits per heavy atom. The summed E-state index contributed by atoms with van der Waals surface area (Å²) >= 11 is 0. The Kier molecular flexibility index (Phi) is 3.78. The molecule has 3 N–H and O–H groups in total. The Bertz CT molecular complexity index is 435. The number of phenols is 1. The number of carbonyl (C=O) groups is 1. The van der Waals surface area contributed by atoms with Crippen molar-refractivity contribution in [3.05, 3.63) is 23.8 Å². The number of nitrogens with zero attached hydrogens (tertiary/aromatic N) is 1. The topological polar surface area (TPSA) is 66.6 Å². The number of aromatic hydroxyl groups is 1. The van der Waals surface area contributed by atoms with E-state index in [-0.39, 0.29) is 23.8 Å². The van der Waals surface area contributed by atoms with Crippen molar-refractivity contribution < 1.29 is 9.90 Å². The molecule has 84 valence electrons. The van der Waals surface area contributed by atoms with Crippen LogP contribution < -0.4 is 5.73 Å². The van der Waals surface area contributed by atoms with E-state index in [1.54, 1.807) is 0 Å². The van der Waals surface area contributed by atoms with Crippen molar-refractivity contribution in [3.63, 3.8) is 0 Å². The molecule has 4 heteroatoms. The lowest BCUT2D eigenvalue weighted by molar-refractivity contribution is 0.0785. The fourth-order valence-corrected chi connectivity index (χ4v) is 1.34. The SMILES string of the molecule is C#CCN(CC)C(=O)c1cc(O)ccc1N. The number of nitrogen functional groups attached to an aromatic ring is 1. The molecule has 16 heavy (non-hydrogen) atoms. The first-order chi connectivity index (χ1) is 7.60. The number of rotatable bonds is 3. The van der Waals surface area contributed by atoms with Gasteiger partial charge in [0.05, 0.1) is 12.1 Å². The van der Waals surface area contributed by atoms with Gasteiger partial charge >= 0.3 is 0 Å². The fourth-order valence-electron chi connectivity index (χ4n) is 1.34. The third-order valence-electron chi connectivity index (χ3n) is 2.22. The number of anilines is 1. The Labute approximate surface area is 94.7 Å². The van der Waals surface area contributed by atoms with Crippen molar-refractivity contribution in [1.29, 1.82) is 0 Å². The zero-order valence-corrected chi connectivity index (χ0v) is 9.10. The normalized spacial score (nSPS) is 9.50. The van der Waals surface area contributed by atoms with Crippen LogP contribution in [-0.4, -0.2) is 29.0 Å². The largest absolute Gasteiger partial charge is 0.508 e. The zero-order chi connectivity index (χ0) is 12.1. The van der Waals surface area contributed by atoms with Crippen LogP contribution >= 0.6 is 0 Å². The number of hydrogen-bond donors (Lipinski definition) is 2. The molecule has 1 amide bonds. The predicted octanol–water partition coefficient (Wildman–Crippen LogP) is 1.07. The summed E-state index contributed by atoms with van der Waals surface area (Å²) in [6.07, 6.45) is 5.16. The number of carbonyl (C=O) groups excluding carboxylic acids is 1. The van der Waals surface area contributed by atoms with Gasteiger partial charge in [0.25, 0.3) is 5.91 Å². The molecule has 0 aliphatic heterocycles. The number of terminal acetylenes is 1. The molecule has 0 aromatic heterocycles. The molecule has 0 bridgehead atoms. The molecule has 4 nitrogen and oxygen atoms in total. The van der Waals surface area contributed by atoms with Crippen LogP contribution in [0.3, 0.4) is 0 Å². The molecular weight excluding hydrogens is 204 g/mol. The highest BCUT2D eigenvalue weighted by Crippen LogP contribution is 2.19. The van der Waals surface area contributed by atoms with Crippen LogP contribution in [0.4, 0.5) is 5.69 Å². The van der Waals surface area contributed by atoms with E-state index in [1.807, 2.05) is 6.92 Å². The van der Waals surface area contributed by atoms with Crippen LogP contribution in [0.5, 0.6) is 5.75 Å². The van der Waals surface area contributed by atoms with Crippen LogP contribution in [0.2, 0.25) is 0 Å². The third-order valence-corrected chi connectivity index (χ3v) is 2.22. The molecule has 1 aromatic rings. The van der Waals surface area contributed by atoms with E-state index in [1.165, 1.54) is 23.1 Å². The van der Waals surface area contributed by atoms with Gasteiger partial charge in [-0.3, -0.25) is 4.79 Å². The Hall–Kier alpha value is -2.15. The van der Waals surface area contributed by atoms with Crippen LogP contribution in [0.1, 0.15) is 17.3 Å². The van der Waals surface area contributed by atoms with Gasteiger partial charge in [-0.2, -0.15) is 0 Å². The van der Waals surface area contributed by atoms with Gasteiger partial charge in [-0.05, 0) is 25.1 Å². The summed E-state index contributed by atoms with van der Waals surface area (Å²) in [6.45, 7) is 2.55. The van der Waals surface area contributed by atoms with Crippen molar-refractivity contribution >= 4 is 11.6 Å². The third kappa shape index (κ3) is 2.45. The highest BCUT2D eigenvalue weighted by atomic mass is 16.3. The summed E-state index contributed by atoms with van der Waals surface area (Å²) in [7, 11) is 0. The monoisotopic (exact) mass is 218 g/mol. The molecule has 0 unspecified atom stereocenters. The Morgan fingerprint density at radius 2 is 2.31 bits per heavy atom. The summed E-state index contributed by atoms with van der Waals surface area (Å²) < 4.78 is 0. The average Bonchev–Trinajstić information content (AvgIpc) is 2.28. The maximum atomic E-state index is 12.0. The minimum absolute atomic E-state index is 0.00862. The minimum Gasteiger partial charge on any atom is -0.508 e. The van der Waals surface area contributed by atoms with Gasteiger partial charge in [-0.25, -0.2) is 0 Å².